The third-order valence-corrected chi connectivity index (χ3v) is 5.33. The summed E-state index contributed by atoms with van der Waals surface area (Å²) < 4.78 is 10.6. The van der Waals surface area contributed by atoms with Gasteiger partial charge in [0, 0.05) is 35.5 Å². The summed E-state index contributed by atoms with van der Waals surface area (Å²) in [6, 6.07) is 15.7. The van der Waals surface area contributed by atoms with E-state index in [4.69, 9.17) is 9.47 Å². The molecule has 2 amide bonds. The molecule has 0 aromatic heterocycles. The molecule has 2 N–H and O–H groups in total. The van der Waals surface area contributed by atoms with Crippen molar-refractivity contribution in [1.82, 2.24) is 0 Å². The molecule has 0 bridgehead atoms. The third kappa shape index (κ3) is 3.50. The molecule has 7 nitrogen and oxygen atoms in total. The fraction of sp³-hybridized carbons (Fsp3) is 0.217. The first-order valence-corrected chi connectivity index (χ1v) is 9.55. The smallest absolute Gasteiger partial charge is 0.229 e. The lowest BCUT2D eigenvalue weighted by Gasteiger charge is -2.20. The van der Waals surface area contributed by atoms with Gasteiger partial charge in [0.1, 0.15) is 17.2 Å². The van der Waals surface area contributed by atoms with Crippen molar-refractivity contribution in [3.8, 4) is 17.2 Å². The molecule has 0 saturated carbocycles. The summed E-state index contributed by atoms with van der Waals surface area (Å²) in [4.78, 5) is 27.2. The Balaban J connectivity index is 1.57. The quantitative estimate of drug-likeness (QED) is 0.633. The third-order valence-electron chi connectivity index (χ3n) is 5.33. The maximum absolute atomic E-state index is 12.9. The van der Waals surface area contributed by atoms with Crippen LogP contribution in [-0.4, -0.2) is 37.7 Å². The first-order valence-electron chi connectivity index (χ1n) is 9.55. The molecule has 1 fully saturated rings. The zero-order valence-electron chi connectivity index (χ0n) is 16.7. The molecule has 3 aromatic carbocycles. The number of phenols is 1. The molecule has 1 aliphatic heterocycles. The van der Waals surface area contributed by atoms with E-state index in [-0.39, 0.29) is 30.5 Å². The van der Waals surface area contributed by atoms with E-state index in [1.54, 1.807) is 48.4 Å². The van der Waals surface area contributed by atoms with Crippen LogP contribution in [0.25, 0.3) is 10.8 Å². The van der Waals surface area contributed by atoms with E-state index in [1.807, 2.05) is 18.2 Å². The van der Waals surface area contributed by atoms with Gasteiger partial charge in [-0.1, -0.05) is 24.3 Å². The van der Waals surface area contributed by atoms with Crippen molar-refractivity contribution >= 4 is 34.0 Å². The molecule has 1 heterocycles. The second-order valence-electron chi connectivity index (χ2n) is 7.11. The Kier molecular flexibility index (Phi) is 5.18. The molecular weight excluding hydrogens is 384 g/mol. The van der Waals surface area contributed by atoms with E-state index in [9.17, 15) is 14.7 Å². The minimum atomic E-state index is -0.513. The number of benzene rings is 3. The number of nitrogens with zero attached hydrogens (tertiary/aromatic N) is 1. The van der Waals surface area contributed by atoms with Crippen LogP contribution in [0.1, 0.15) is 6.42 Å². The zero-order chi connectivity index (χ0) is 21.3. The van der Waals surface area contributed by atoms with Crippen molar-refractivity contribution in [3.05, 3.63) is 54.6 Å². The number of aromatic hydroxyl groups is 1. The number of hydrogen-bond donors (Lipinski definition) is 2. The monoisotopic (exact) mass is 406 g/mol. The summed E-state index contributed by atoms with van der Waals surface area (Å²) in [5, 5.41) is 14.3. The molecule has 4 rings (SSSR count). The molecular formula is C23H22N2O5. The van der Waals surface area contributed by atoms with Crippen LogP contribution in [-0.2, 0) is 9.59 Å². The Bertz CT molecular complexity index is 1130. The number of amides is 2. The number of fused-ring (bicyclic) bond motifs is 1. The van der Waals surface area contributed by atoms with Crippen molar-refractivity contribution < 1.29 is 24.2 Å². The first kappa shape index (κ1) is 19.6. The Morgan fingerprint density at radius 3 is 2.57 bits per heavy atom. The fourth-order valence-electron chi connectivity index (χ4n) is 3.75. The molecule has 1 saturated heterocycles. The Labute approximate surface area is 173 Å². The second-order valence-corrected chi connectivity index (χ2v) is 7.11. The van der Waals surface area contributed by atoms with Crippen LogP contribution in [0.15, 0.2) is 54.6 Å². The van der Waals surface area contributed by atoms with Gasteiger partial charge in [-0.3, -0.25) is 9.59 Å². The molecule has 0 spiro atoms. The SMILES string of the molecule is COc1ccc(OC)c(N2C[C@H](C(=O)Nc3ccc(O)c4ccccc34)CC2=O)c1. The van der Waals surface area contributed by atoms with Crippen molar-refractivity contribution in [2.75, 3.05) is 31.0 Å². The standard InChI is InChI=1S/C23H22N2O5/c1-29-15-7-10-21(30-2)19(12-15)25-13-14(11-22(25)27)23(28)24-18-8-9-20(26)17-6-4-3-5-16(17)18/h3-10,12,14,26H,11,13H2,1-2H3,(H,24,28)/t14-/m1/s1. The van der Waals surface area contributed by atoms with Crippen molar-refractivity contribution in [2.45, 2.75) is 6.42 Å². The molecule has 7 heteroatoms. The predicted octanol–water partition coefficient (Wildman–Crippen LogP) is 3.55. The number of anilines is 2. The molecule has 0 aliphatic carbocycles. The minimum Gasteiger partial charge on any atom is -0.507 e. The van der Waals surface area contributed by atoms with Gasteiger partial charge >= 0.3 is 0 Å². The first-order chi connectivity index (χ1) is 14.5. The van der Waals surface area contributed by atoms with Crippen molar-refractivity contribution in [1.29, 1.82) is 0 Å². The summed E-state index contributed by atoms with van der Waals surface area (Å²) in [6.07, 6.45) is 0.0994. The molecule has 1 aliphatic rings. The highest BCUT2D eigenvalue weighted by molar-refractivity contribution is 6.08. The zero-order valence-corrected chi connectivity index (χ0v) is 16.7. The van der Waals surface area contributed by atoms with Crippen molar-refractivity contribution in [3.63, 3.8) is 0 Å². The fourth-order valence-corrected chi connectivity index (χ4v) is 3.75. The Morgan fingerprint density at radius 2 is 1.83 bits per heavy atom. The highest BCUT2D eigenvalue weighted by Gasteiger charge is 2.36. The van der Waals surface area contributed by atoms with Crippen LogP contribution in [0.2, 0.25) is 0 Å². The van der Waals surface area contributed by atoms with Crippen LogP contribution < -0.4 is 19.7 Å². The summed E-state index contributed by atoms with van der Waals surface area (Å²) in [6.45, 7) is 0.240. The number of carbonyl (C=O) groups excluding carboxylic acids is 2. The largest absolute Gasteiger partial charge is 0.507 e. The topological polar surface area (TPSA) is 88.1 Å². The van der Waals surface area contributed by atoms with Crippen molar-refractivity contribution in [2.24, 2.45) is 5.92 Å². The van der Waals surface area contributed by atoms with E-state index < -0.39 is 5.92 Å². The number of nitrogens with one attached hydrogen (secondary N) is 1. The van der Waals surface area contributed by atoms with Gasteiger partial charge in [-0.2, -0.15) is 0 Å². The molecule has 3 aromatic rings. The maximum atomic E-state index is 12.9. The second kappa shape index (κ2) is 7.94. The van der Waals surface area contributed by atoms with Gasteiger partial charge in [-0.15, -0.1) is 0 Å². The molecule has 1 atom stereocenters. The molecule has 30 heavy (non-hydrogen) atoms. The number of methoxy groups -OCH3 is 2. The molecule has 154 valence electrons. The lowest BCUT2D eigenvalue weighted by molar-refractivity contribution is -0.122. The van der Waals surface area contributed by atoms with Crippen LogP contribution in [0.3, 0.4) is 0 Å². The van der Waals surface area contributed by atoms with E-state index >= 15 is 0 Å². The summed E-state index contributed by atoms with van der Waals surface area (Å²) in [5.41, 5.74) is 1.17. The van der Waals surface area contributed by atoms with E-state index in [1.165, 1.54) is 7.11 Å². The van der Waals surface area contributed by atoms with E-state index in [2.05, 4.69) is 5.32 Å². The van der Waals surface area contributed by atoms with Crippen LogP contribution in [0, 0.1) is 5.92 Å². The number of carbonyl (C=O) groups is 2. The average Bonchev–Trinajstić information content (AvgIpc) is 3.17. The summed E-state index contributed by atoms with van der Waals surface area (Å²) in [5.74, 6) is 0.370. The average molecular weight is 406 g/mol. The number of ether oxygens (including phenoxy) is 2. The van der Waals surface area contributed by atoms with Gasteiger partial charge in [0.2, 0.25) is 11.8 Å². The normalized spacial score (nSPS) is 16.0. The maximum Gasteiger partial charge on any atom is 0.229 e. The lowest BCUT2D eigenvalue weighted by Crippen LogP contribution is -2.28. The van der Waals surface area contributed by atoms with Gasteiger partial charge in [-0.05, 0) is 24.3 Å². The van der Waals surface area contributed by atoms with Gasteiger partial charge in [0.15, 0.2) is 0 Å². The van der Waals surface area contributed by atoms with E-state index in [0.717, 1.165) is 5.39 Å². The van der Waals surface area contributed by atoms with Gasteiger partial charge in [0.25, 0.3) is 0 Å². The van der Waals surface area contributed by atoms with Crippen LogP contribution in [0.4, 0.5) is 11.4 Å². The van der Waals surface area contributed by atoms with E-state index in [0.29, 0.717) is 28.3 Å². The summed E-state index contributed by atoms with van der Waals surface area (Å²) >= 11 is 0. The number of phenolic OH excluding ortho intramolecular Hbond substituents is 1. The Morgan fingerprint density at radius 1 is 1.07 bits per heavy atom. The van der Waals surface area contributed by atoms with Gasteiger partial charge in [0.05, 0.1) is 25.8 Å². The van der Waals surface area contributed by atoms with Gasteiger partial charge < -0.3 is 24.8 Å². The number of rotatable bonds is 5. The predicted molar refractivity (Wildman–Crippen MR) is 114 cm³/mol. The summed E-state index contributed by atoms with van der Waals surface area (Å²) in [7, 11) is 3.08. The molecule has 0 radical (unpaired) electrons. The highest BCUT2D eigenvalue weighted by Crippen LogP contribution is 2.37. The minimum absolute atomic E-state index is 0.0994. The molecule has 0 unspecified atom stereocenters. The van der Waals surface area contributed by atoms with Gasteiger partial charge in [-0.25, -0.2) is 0 Å². The number of hydrogen-bond acceptors (Lipinski definition) is 5. The van der Waals surface area contributed by atoms with Crippen LogP contribution >= 0.6 is 0 Å². The Hall–Kier alpha value is -3.74. The highest BCUT2D eigenvalue weighted by atomic mass is 16.5. The lowest BCUT2D eigenvalue weighted by atomic mass is 10.1. The van der Waals surface area contributed by atoms with Crippen LogP contribution in [0.5, 0.6) is 17.2 Å².